The van der Waals surface area contributed by atoms with E-state index in [4.69, 9.17) is 5.11 Å². The van der Waals surface area contributed by atoms with Gasteiger partial charge in [-0.25, -0.2) is 0 Å². The fourth-order valence-corrected chi connectivity index (χ4v) is 0.341. The molecule has 0 rings (SSSR count). The summed E-state index contributed by atoms with van der Waals surface area (Å²) in [4.78, 5) is 0. The predicted octanol–water partition coefficient (Wildman–Crippen LogP) is 1.23. The number of aliphatic hydroxyl groups is 1. The van der Waals surface area contributed by atoms with E-state index in [0.717, 1.165) is 6.42 Å². The van der Waals surface area contributed by atoms with Crippen molar-refractivity contribution in [3.8, 4) is 0 Å². The van der Waals surface area contributed by atoms with E-state index in [1.807, 2.05) is 6.92 Å². The molecule has 0 aliphatic heterocycles. The van der Waals surface area contributed by atoms with Gasteiger partial charge in [0.15, 0.2) is 0 Å². The van der Waals surface area contributed by atoms with E-state index >= 15 is 0 Å². The minimum atomic E-state index is -0.245. The highest BCUT2D eigenvalue weighted by molar-refractivity contribution is 4.63. The molecule has 1 heteroatoms. The highest BCUT2D eigenvalue weighted by Crippen LogP contribution is 2.04. The summed E-state index contributed by atoms with van der Waals surface area (Å²) >= 11 is 0. The lowest BCUT2D eigenvalue weighted by Gasteiger charge is -2.09. The lowest BCUT2D eigenvalue weighted by atomic mass is 10.0. The number of hydrogen-bond donors (Lipinski definition) is 1. The molecule has 0 heterocycles. The van der Waals surface area contributed by atoms with E-state index in [1.54, 1.807) is 6.92 Å². The summed E-state index contributed by atoms with van der Waals surface area (Å²) < 4.78 is 0. The fraction of sp³-hybridized carbons (Fsp3) is 0.833. The molecule has 0 aromatic heterocycles. The highest BCUT2D eigenvalue weighted by Gasteiger charge is 2.03. The Morgan fingerprint density at radius 2 is 2.14 bits per heavy atom. The van der Waals surface area contributed by atoms with Crippen LogP contribution >= 0.6 is 0 Å². The van der Waals surface area contributed by atoms with E-state index in [9.17, 15) is 0 Å². The summed E-state index contributed by atoms with van der Waals surface area (Å²) in [5.41, 5.74) is 0. The van der Waals surface area contributed by atoms with Crippen LogP contribution in [0.1, 0.15) is 20.3 Å². The minimum absolute atomic E-state index is 0.208. The predicted molar refractivity (Wildman–Crippen MR) is 30.8 cm³/mol. The number of aliphatic hydroxyl groups excluding tert-OH is 1. The maximum atomic E-state index is 8.76. The van der Waals surface area contributed by atoms with Crippen molar-refractivity contribution in [3.05, 3.63) is 6.92 Å². The molecule has 1 N–H and O–H groups in total. The third-order valence-corrected chi connectivity index (χ3v) is 1.21. The van der Waals surface area contributed by atoms with Crippen LogP contribution in [0.4, 0.5) is 0 Å². The first kappa shape index (κ1) is 6.96. The normalized spacial score (nSPS) is 18.9. The lowest BCUT2D eigenvalue weighted by Crippen LogP contribution is -2.11. The van der Waals surface area contributed by atoms with Gasteiger partial charge in [0, 0.05) is 0 Å². The molecule has 1 unspecified atom stereocenters. The van der Waals surface area contributed by atoms with Crippen LogP contribution in [0.15, 0.2) is 0 Å². The minimum Gasteiger partial charge on any atom is -0.393 e. The first-order valence-electron chi connectivity index (χ1n) is 2.69. The summed E-state index contributed by atoms with van der Waals surface area (Å²) in [5.74, 6) is 0.208. The quantitative estimate of drug-likeness (QED) is 0.554. The molecule has 1 nitrogen and oxygen atoms in total. The van der Waals surface area contributed by atoms with Crippen molar-refractivity contribution in [2.24, 2.45) is 5.92 Å². The van der Waals surface area contributed by atoms with Gasteiger partial charge in [0.2, 0.25) is 0 Å². The van der Waals surface area contributed by atoms with Crippen LogP contribution in [-0.4, -0.2) is 11.2 Å². The van der Waals surface area contributed by atoms with Crippen molar-refractivity contribution >= 4 is 0 Å². The van der Waals surface area contributed by atoms with Gasteiger partial charge >= 0.3 is 0 Å². The second-order valence-electron chi connectivity index (χ2n) is 1.91. The van der Waals surface area contributed by atoms with Crippen LogP contribution in [0.25, 0.3) is 0 Å². The molecular weight excluding hydrogens is 88.1 g/mol. The molecule has 1 radical (unpaired) electrons. The van der Waals surface area contributed by atoms with Crippen molar-refractivity contribution in [1.29, 1.82) is 0 Å². The van der Waals surface area contributed by atoms with Crippen LogP contribution in [0, 0.1) is 12.8 Å². The van der Waals surface area contributed by atoms with E-state index in [2.05, 4.69) is 6.92 Å². The van der Waals surface area contributed by atoms with Gasteiger partial charge in [-0.15, -0.1) is 0 Å². The molecule has 0 saturated heterocycles. The summed E-state index contributed by atoms with van der Waals surface area (Å²) in [7, 11) is 0. The molecule has 2 atom stereocenters. The molecule has 0 aromatic carbocycles. The summed E-state index contributed by atoms with van der Waals surface area (Å²) in [6.07, 6.45) is 0.711. The molecule has 0 fully saturated rings. The van der Waals surface area contributed by atoms with Gasteiger partial charge in [0.05, 0.1) is 6.10 Å². The Morgan fingerprint density at radius 1 is 1.71 bits per heavy atom. The molecule has 0 aliphatic rings. The van der Waals surface area contributed by atoms with E-state index in [-0.39, 0.29) is 12.0 Å². The Balaban J connectivity index is 3.14. The Hall–Kier alpha value is -0.0400. The maximum absolute atomic E-state index is 8.76. The van der Waals surface area contributed by atoms with Gasteiger partial charge < -0.3 is 5.11 Å². The zero-order valence-corrected chi connectivity index (χ0v) is 5.02. The zero-order valence-electron chi connectivity index (χ0n) is 5.02. The molecule has 0 saturated carbocycles. The average Bonchev–Trinajstić information content (AvgIpc) is 1.65. The summed E-state index contributed by atoms with van der Waals surface area (Å²) in [5, 5.41) is 8.76. The smallest absolute Gasteiger partial charge is 0.0540 e. The SMILES string of the molecule is [CH2][C@H](CC)C(C)O. The first-order valence-corrected chi connectivity index (χ1v) is 2.69. The number of rotatable bonds is 2. The van der Waals surface area contributed by atoms with Crippen LogP contribution in [0.3, 0.4) is 0 Å². The van der Waals surface area contributed by atoms with Gasteiger partial charge in [-0.3, -0.25) is 0 Å². The monoisotopic (exact) mass is 101 g/mol. The maximum Gasteiger partial charge on any atom is 0.0540 e. The van der Waals surface area contributed by atoms with Crippen LogP contribution in [0.5, 0.6) is 0 Å². The molecule has 0 aromatic rings. The molecular formula is C6H13O. The number of hydrogen-bond acceptors (Lipinski definition) is 1. The van der Waals surface area contributed by atoms with Crippen LogP contribution in [0.2, 0.25) is 0 Å². The zero-order chi connectivity index (χ0) is 5.86. The Kier molecular flexibility index (Phi) is 3.01. The molecule has 0 spiro atoms. The molecule has 0 bridgehead atoms. The van der Waals surface area contributed by atoms with Crippen molar-refractivity contribution in [2.45, 2.75) is 26.4 Å². The Bertz CT molecular complexity index is 41.4. The van der Waals surface area contributed by atoms with Gasteiger partial charge in [-0.2, -0.15) is 0 Å². The van der Waals surface area contributed by atoms with E-state index in [0.29, 0.717) is 0 Å². The van der Waals surface area contributed by atoms with Crippen LogP contribution < -0.4 is 0 Å². The fourth-order valence-electron chi connectivity index (χ4n) is 0.341. The molecule has 7 heavy (non-hydrogen) atoms. The first-order chi connectivity index (χ1) is 3.18. The van der Waals surface area contributed by atoms with Crippen molar-refractivity contribution in [1.82, 2.24) is 0 Å². The Labute approximate surface area is 45.4 Å². The largest absolute Gasteiger partial charge is 0.393 e. The Morgan fingerprint density at radius 3 is 2.14 bits per heavy atom. The summed E-state index contributed by atoms with van der Waals surface area (Å²) in [6.45, 7) is 7.49. The second-order valence-corrected chi connectivity index (χ2v) is 1.91. The van der Waals surface area contributed by atoms with Crippen molar-refractivity contribution < 1.29 is 5.11 Å². The van der Waals surface area contributed by atoms with Gasteiger partial charge in [-0.1, -0.05) is 13.3 Å². The summed E-state index contributed by atoms with van der Waals surface area (Å²) in [6, 6.07) is 0. The third kappa shape index (κ3) is 2.63. The molecule has 43 valence electrons. The van der Waals surface area contributed by atoms with E-state index in [1.165, 1.54) is 0 Å². The standard InChI is InChI=1S/C6H13O/c1-4-5(2)6(3)7/h5-7H,2,4H2,1,3H3/t5-,6?/m1/s1. The van der Waals surface area contributed by atoms with Gasteiger partial charge in [-0.05, 0) is 19.8 Å². The lowest BCUT2D eigenvalue weighted by molar-refractivity contribution is 0.145. The van der Waals surface area contributed by atoms with E-state index < -0.39 is 0 Å². The molecule has 0 aliphatic carbocycles. The topological polar surface area (TPSA) is 20.2 Å². The molecule has 0 amide bonds. The van der Waals surface area contributed by atoms with Crippen molar-refractivity contribution in [3.63, 3.8) is 0 Å². The van der Waals surface area contributed by atoms with Crippen LogP contribution in [-0.2, 0) is 0 Å². The second kappa shape index (κ2) is 3.03. The van der Waals surface area contributed by atoms with Gasteiger partial charge in [0.25, 0.3) is 0 Å². The highest BCUT2D eigenvalue weighted by atomic mass is 16.3. The average molecular weight is 101 g/mol. The van der Waals surface area contributed by atoms with Crippen molar-refractivity contribution in [2.75, 3.05) is 0 Å². The van der Waals surface area contributed by atoms with Gasteiger partial charge in [0.1, 0.15) is 0 Å². The third-order valence-electron chi connectivity index (χ3n) is 1.21.